The monoisotopic (exact) mass is 222 g/mol. The molecule has 2 unspecified atom stereocenters. The van der Waals surface area contributed by atoms with E-state index in [2.05, 4.69) is 12.2 Å². The highest BCUT2D eigenvalue weighted by molar-refractivity contribution is 5.49. The third kappa shape index (κ3) is 1.86. The molecule has 2 rings (SSSR count). The normalized spacial score (nSPS) is 17.2. The second-order valence-corrected chi connectivity index (χ2v) is 4.19. The number of benzene rings is 1. The lowest BCUT2D eigenvalue weighted by atomic mass is 9.96. The van der Waals surface area contributed by atoms with Crippen LogP contribution in [-0.2, 0) is 0 Å². The topological polar surface area (TPSA) is 56.5 Å². The summed E-state index contributed by atoms with van der Waals surface area (Å²) >= 11 is 0. The van der Waals surface area contributed by atoms with Gasteiger partial charge in [-0.05, 0) is 44.2 Å². The Morgan fingerprint density at radius 2 is 1.94 bits per heavy atom. The molecule has 1 aromatic rings. The summed E-state index contributed by atoms with van der Waals surface area (Å²) < 4.78 is 10.7. The fourth-order valence-electron chi connectivity index (χ4n) is 2.10. The summed E-state index contributed by atoms with van der Waals surface area (Å²) in [4.78, 5) is 0. The maximum Gasteiger partial charge on any atom is 0.231 e. The van der Waals surface area contributed by atoms with Gasteiger partial charge in [-0.2, -0.15) is 0 Å². The van der Waals surface area contributed by atoms with E-state index in [1.165, 1.54) is 11.1 Å². The lowest BCUT2D eigenvalue weighted by Crippen LogP contribution is -2.34. The molecule has 88 valence electrons. The van der Waals surface area contributed by atoms with Crippen LogP contribution < -0.4 is 20.5 Å². The molecule has 0 saturated heterocycles. The zero-order valence-corrected chi connectivity index (χ0v) is 9.91. The summed E-state index contributed by atoms with van der Waals surface area (Å²) in [5, 5.41) is 3.23. The lowest BCUT2D eigenvalue weighted by molar-refractivity contribution is 0.174. The molecular weight excluding hydrogens is 204 g/mol. The zero-order valence-electron chi connectivity index (χ0n) is 9.91. The molecule has 1 aliphatic rings. The molecule has 1 aromatic carbocycles. The van der Waals surface area contributed by atoms with Crippen LogP contribution in [0.25, 0.3) is 0 Å². The predicted molar refractivity (Wildman–Crippen MR) is 62.8 cm³/mol. The number of fused-ring (bicyclic) bond motifs is 1. The average molecular weight is 222 g/mol. The number of aryl methyl sites for hydroxylation is 1. The van der Waals surface area contributed by atoms with Gasteiger partial charge in [0.05, 0.1) is 0 Å². The Kier molecular flexibility index (Phi) is 3.03. The fraction of sp³-hybridized carbons (Fsp3) is 0.500. The third-order valence-corrected chi connectivity index (χ3v) is 2.93. The van der Waals surface area contributed by atoms with Gasteiger partial charge in [0.1, 0.15) is 0 Å². The van der Waals surface area contributed by atoms with E-state index < -0.39 is 0 Å². The molecule has 16 heavy (non-hydrogen) atoms. The first-order valence-electron chi connectivity index (χ1n) is 5.46. The third-order valence-electron chi connectivity index (χ3n) is 2.93. The SMILES string of the molecule is CNC(c1cc2c(cc1C)OCO2)C(C)N. The minimum absolute atomic E-state index is 0.0454. The summed E-state index contributed by atoms with van der Waals surface area (Å²) in [7, 11) is 1.91. The van der Waals surface area contributed by atoms with E-state index in [9.17, 15) is 0 Å². The van der Waals surface area contributed by atoms with Crippen LogP contribution in [0, 0.1) is 6.92 Å². The van der Waals surface area contributed by atoms with Crippen LogP contribution in [0.3, 0.4) is 0 Å². The number of nitrogens with two attached hydrogens (primary N) is 1. The first kappa shape index (κ1) is 11.2. The minimum atomic E-state index is 0.0454. The van der Waals surface area contributed by atoms with Gasteiger partial charge >= 0.3 is 0 Å². The van der Waals surface area contributed by atoms with E-state index in [1.54, 1.807) is 0 Å². The lowest BCUT2D eigenvalue weighted by Gasteiger charge is -2.22. The highest BCUT2D eigenvalue weighted by atomic mass is 16.7. The molecule has 0 spiro atoms. The van der Waals surface area contributed by atoms with E-state index in [-0.39, 0.29) is 12.1 Å². The van der Waals surface area contributed by atoms with Crippen molar-refractivity contribution in [2.75, 3.05) is 13.8 Å². The van der Waals surface area contributed by atoms with Gasteiger partial charge in [-0.25, -0.2) is 0 Å². The second-order valence-electron chi connectivity index (χ2n) is 4.19. The zero-order chi connectivity index (χ0) is 11.7. The van der Waals surface area contributed by atoms with E-state index in [0.717, 1.165) is 11.5 Å². The van der Waals surface area contributed by atoms with Crippen molar-refractivity contribution < 1.29 is 9.47 Å². The maximum absolute atomic E-state index is 5.96. The van der Waals surface area contributed by atoms with E-state index in [0.29, 0.717) is 6.79 Å². The van der Waals surface area contributed by atoms with Crippen molar-refractivity contribution in [1.82, 2.24) is 5.32 Å². The summed E-state index contributed by atoms with van der Waals surface area (Å²) in [5.74, 6) is 1.63. The Labute approximate surface area is 95.7 Å². The molecule has 1 heterocycles. The smallest absolute Gasteiger partial charge is 0.231 e. The molecule has 0 radical (unpaired) electrons. The van der Waals surface area contributed by atoms with Crippen molar-refractivity contribution in [1.29, 1.82) is 0 Å². The van der Waals surface area contributed by atoms with Crippen LogP contribution in [-0.4, -0.2) is 19.9 Å². The highest BCUT2D eigenvalue weighted by Gasteiger charge is 2.21. The number of nitrogens with one attached hydrogen (secondary N) is 1. The predicted octanol–water partition coefficient (Wildman–Crippen LogP) is 1.33. The molecule has 0 saturated carbocycles. The summed E-state index contributed by atoms with van der Waals surface area (Å²) in [5.41, 5.74) is 8.29. The van der Waals surface area contributed by atoms with Crippen molar-refractivity contribution in [2.45, 2.75) is 25.9 Å². The quantitative estimate of drug-likeness (QED) is 0.810. The molecule has 4 heteroatoms. The molecule has 3 N–H and O–H groups in total. The molecule has 2 atom stereocenters. The Morgan fingerprint density at radius 1 is 1.31 bits per heavy atom. The minimum Gasteiger partial charge on any atom is -0.454 e. The number of rotatable bonds is 3. The van der Waals surface area contributed by atoms with Gasteiger partial charge in [0, 0.05) is 12.1 Å². The van der Waals surface area contributed by atoms with E-state index in [1.807, 2.05) is 26.1 Å². The summed E-state index contributed by atoms with van der Waals surface area (Å²) in [6.07, 6.45) is 0. The molecular formula is C12H18N2O2. The van der Waals surface area contributed by atoms with Gasteiger partial charge in [-0.3, -0.25) is 0 Å². The molecule has 0 amide bonds. The Morgan fingerprint density at radius 3 is 2.50 bits per heavy atom. The van der Waals surface area contributed by atoms with Gasteiger partial charge in [0.25, 0.3) is 0 Å². The molecule has 0 aromatic heterocycles. The van der Waals surface area contributed by atoms with Crippen LogP contribution >= 0.6 is 0 Å². The van der Waals surface area contributed by atoms with Gasteiger partial charge in [-0.15, -0.1) is 0 Å². The number of ether oxygens (including phenoxy) is 2. The molecule has 4 nitrogen and oxygen atoms in total. The summed E-state index contributed by atoms with van der Waals surface area (Å²) in [6.45, 7) is 4.36. The first-order chi connectivity index (χ1) is 7.63. The summed E-state index contributed by atoms with van der Waals surface area (Å²) in [6, 6.07) is 4.20. The van der Waals surface area contributed by atoms with Crippen LogP contribution in [0.5, 0.6) is 11.5 Å². The van der Waals surface area contributed by atoms with Gasteiger partial charge in [-0.1, -0.05) is 0 Å². The van der Waals surface area contributed by atoms with Crippen molar-refractivity contribution >= 4 is 0 Å². The number of hydrogen-bond acceptors (Lipinski definition) is 4. The average Bonchev–Trinajstić information content (AvgIpc) is 2.65. The molecule has 0 bridgehead atoms. The second kappa shape index (κ2) is 4.31. The Balaban J connectivity index is 2.40. The Bertz CT molecular complexity index is 391. The van der Waals surface area contributed by atoms with Gasteiger partial charge in [0.2, 0.25) is 6.79 Å². The van der Waals surface area contributed by atoms with E-state index >= 15 is 0 Å². The van der Waals surface area contributed by atoms with Crippen molar-refractivity contribution in [3.63, 3.8) is 0 Å². The van der Waals surface area contributed by atoms with Gasteiger partial charge in [0.15, 0.2) is 11.5 Å². The standard InChI is InChI=1S/C12H18N2O2/c1-7-4-10-11(16-6-15-10)5-9(7)12(14-3)8(2)13/h4-5,8,12,14H,6,13H2,1-3H3. The highest BCUT2D eigenvalue weighted by Crippen LogP contribution is 2.36. The number of hydrogen-bond donors (Lipinski definition) is 2. The van der Waals surface area contributed by atoms with Crippen molar-refractivity contribution in [3.05, 3.63) is 23.3 Å². The molecule has 0 aliphatic carbocycles. The number of likely N-dealkylation sites (N-methyl/N-ethyl adjacent to an activating group) is 1. The van der Waals surface area contributed by atoms with Crippen LogP contribution in [0.15, 0.2) is 12.1 Å². The molecule has 1 aliphatic heterocycles. The van der Waals surface area contributed by atoms with Crippen LogP contribution in [0.2, 0.25) is 0 Å². The maximum atomic E-state index is 5.96. The van der Waals surface area contributed by atoms with Crippen molar-refractivity contribution in [3.8, 4) is 11.5 Å². The van der Waals surface area contributed by atoms with Crippen LogP contribution in [0.1, 0.15) is 24.1 Å². The fourth-order valence-corrected chi connectivity index (χ4v) is 2.10. The Hall–Kier alpha value is -1.26. The largest absolute Gasteiger partial charge is 0.454 e. The first-order valence-corrected chi connectivity index (χ1v) is 5.46. The van der Waals surface area contributed by atoms with Gasteiger partial charge < -0.3 is 20.5 Å². The van der Waals surface area contributed by atoms with Crippen molar-refractivity contribution in [2.24, 2.45) is 5.73 Å². The molecule has 0 fully saturated rings. The van der Waals surface area contributed by atoms with E-state index in [4.69, 9.17) is 15.2 Å². The van der Waals surface area contributed by atoms with Crippen LogP contribution in [0.4, 0.5) is 0 Å².